The molecule has 0 saturated carbocycles. The first-order valence-electron chi connectivity index (χ1n) is 7.15. The number of carbonyl (C=O) groups is 1. The molecule has 0 fully saturated rings. The highest BCUT2D eigenvalue weighted by atomic mass is 79.9. The second kappa shape index (κ2) is 7.55. The molecular weight excluding hydrogens is 394 g/mol. The van der Waals surface area contributed by atoms with Gasteiger partial charge in [0.2, 0.25) is 0 Å². The van der Waals surface area contributed by atoms with Crippen LogP contribution in [0, 0.1) is 0 Å². The van der Waals surface area contributed by atoms with Gasteiger partial charge in [-0.05, 0) is 51.8 Å². The number of furan rings is 1. The molecule has 3 rings (SSSR count). The van der Waals surface area contributed by atoms with Crippen LogP contribution in [0.15, 0.2) is 69.8 Å². The third kappa shape index (κ3) is 4.19. The summed E-state index contributed by atoms with van der Waals surface area (Å²) >= 11 is 9.20. The van der Waals surface area contributed by atoms with Gasteiger partial charge in [-0.1, -0.05) is 41.9 Å². The minimum atomic E-state index is -0.382. The van der Waals surface area contributed by atoms with E-state index in [1.807, 2.05) is 30.3 Å². The largest absolute Gasteiger partial charge is 0.487 e. The molecule has 1 N–H and O–H groups in total. The van der Waals surface area contributed by atoms with Crippen LogP contribution < -0.4 is 10.1 Å². The van der Waals surface area contributed by atoms with Gasteiger partial charge in [-0.25, -0.2) is 0 Å². The summed E-state index contributed by atoms with van der Waals surface area (Å²) in [5.41, 5.74) is 1.51. The Bertz CT molecular complexity index is 848. The monoisotopic (exact) mass is 405 g/mol. The molecule has 0 aliphatic carbocycles. The average molecular weight is 407 g/mol. The Morgan fingerprint density at radius 2 is 1.92 bits per heavy atom. The SMILES string of the molecule is O=C(Nc1cc(Cl)ccc1OCc1ccccc1)c1ccc(Br)o1. The fraction of sp³-hybridized carbons (Fsp3) is 0.0556. The van der Waals surface area contributed by atoms with Gasteiger partial charge in [-0.3, -0.25) is 4.79 Å². The van der Waals surface area contributed by atoms with Crippen LogP contribution >= 0.6 is 27.5 Å². The average Bonchev–Trinajstić information content (AvgIpc) is 3.02. The number of benzene rings is 2. The van der Waals surface area contributed by atoms with Gasteiger partial charge in [-0.2, -0.15) is 0 Å². The van der Waals surface area contributed by atoms with Crippen molar-refractivity contribution in [2.45, 2.75) is 6.61 Å². The molecule has 0 aliphatic rings. The fourth-order valence-corrected chi connectivity index (χ4v) is 2.56. The summed E-state index contributed by atoms with van der Waals surface area (Å²) < 4.78 is 11.5. The Morgan fingerprint density at radius 1 is 1.12 bits per heavy atom. The lowest BCUT2D eigenvalue weighted by Crippen LogP contribution is -2.12. The number of anilines is 1. The van der Waals surface area contributed by atoms with E-state index in [9.17, 15) is 4.79 Å². The summed E-state index contributed by atoms with van der Waals surface area (Å²) in [6.45, 7) is 0.387. The number of hydrogen-bond donors (Lipinski definition) is 1. The molecule has 24 heavy (non-hydrogen) atoms. The minimum absolute atomic E-state index is 0.191. The van der Waals surface area contributed by atoms with Gasteiger partial charge < -0.3 is 14.5 Å². The van der Waals surface area contributed by atoms with Gasteiger partial charge in [0.05, 0.1) is 5.69 Å². The first-order valence-corrected chi connectivity index (χ1v) is 8.32. The van der Waals surface area contributed by atoms with Crippen molar-refractivity contribution in [3.63, 3.8) is 0 Å². The summed E-state index contributed by atoms with van der Waals surface area (Å²) in [7, 11) is 0. The highest BCUT2D eigenvalue weighted by Crippen LogP contribution is 2.29. The van der Waals surface area contributed by atoms with E-state index in [1.54, 1.807) is 30.3 Å². The summed E-state index contributed by atoms with van der Waals surface area (Å²) in [5.74, 6) is 0.339. The number of halogens is 2. The van der Waals surface area contributed by atoms with Crippen molar-refractivity contribution in [1.82, 2.24) is 0 Å². The molecule has 0 bridgehead atoms. The maximum atomic E-state index is 12.2. The smallest absolute Gasteiger partial charge is 0.291 e. The van der Waals surface area contributed by atoms with Crippen molar-refractivity contribution in [2.24, 2.45) is 0 Å². The number of rotatable bonds is 5. The van der Waals surface area contributed by atoms with Crippen LogP contribution in [0.5, 0.6) is 5.75 Å². The molecule has 0 unspecified atom stereocenters. The van der Waals surface area contributed by atoms with Gasteiger partial charge in [0.1, 0.15) is 12.4 Å². The Morgan fingerprint density at radius 3 is 2.62 bits per heavy atom. The van der Waals surface area contributed by atoms with E-state index >= 15 is 0 Å². The standard InChI is InChI=1S/C18H13BrClNO3/c19-17-9-8-16(24-17)18(22)21-14-10-13(20)6-7-15(14)23-11-12-4-2-1-3-5-12/h1-10H,11H2,(H,21,22). The molecule has 0 saturated heterocycles. The Labute approximate surface area is 152 Å². The van der Waals surface area contributed by atoms with E-state index in [0.29, 0.717) is 27.7 Å². The maximum absolute atomic E-state index is 12.2. The zero-order valence-corrected chi connectivity index (χ0v) is 14.8. The van der Waals surface area contributed by atoms with Crippen LogP contribution in [0.4, 0.5) is 5.69 Å². The minimum Gasteiger partial charge on any atom is -0.487 e. The fourth-order valence-electron chi connectivity index (χ4n) is 2.08. The van der Waals surface area contributed by atoms with Crippen molar-refractivity contribution >= 4 is 39.1 Å². The normalized spacial score (nSPS) is 10.4. The molecular formula is C18H13BrClNO3. The molecule has 1 amide bonds. The number of ether oxygens (including phenoxy) is 1. The maximum Gasteiger partial charge on any atom is 0.291 e. The van der Waals surface area contributed by atoms with E-state index in [2.05, 4.69) is 21.2 Å². The molecule has 0 radical (unpaired) electrons. The molecule has 0 atom stereocenters. The lowest BCUT2D eigenvalue weighted by Gasteiger charge is -2.12. The molecule has 2 aromatic carbocycles. The summed E-state index contributed by atoms with van der Waals surface area (Å²) in [5, 5.41) is 3.25. The summed E-state index contributed by atoms with van der Waals surface area (Å²) in [6, 6.07) is 18.1. The van der Waals surface area contributed by atoms with Crippen LogP contribution in [-0.2, 0) is 6.61 Å². The van der Waals surface area contributed by atoms with Gasteiger partial charge in [0, 0.05) is 5.02 Å². The van der Waals surface area contributed by atoms with Crippen molar-refractivity contribution in [3.8, 4) is 5.75 Å². The van der Waals surface area contributed by atoms with E-state index in [4.69, 9.17) is 20.8 Å². The zero-order valence-electron chi connectivity index (χ0n) is 12.5. The Balaban J connectivity index is 1.76. The summed E-state index contributed by atoms with van der Waals surface area (Å²) in [6.07, 6.45) is 0. The lowest BCUT2D eigenvalue weighted by molar-refractivity contribution is 0.0995. The van der Waals surface area contributed by atoms with E-state index < -0.39 is 0 Å². The van der Waals surface area contributed by atoms with Crippen LogP contribution in [0.2, 0.25) is 5.02 Å². The third-order valence-electron chi connectivity index (χ3n) is 3.22. The predicted molar refractivity (Wildman–Crippen MR) is 96.6 cm³/mol. The highest BCUT2D eigenvalue weighted by Gasteiger charge is 2.14. The van der Waals surface area contributed by atoms with Gasteiger partial charge in [0.15, 0.2) is 10.4 Å². The van der Waals surface area contributed by atoms with Crippen molar-refractivity contribution in [3.05, 3.63) is 81.7 Å². The topological polar surface area (TPSA) is 51.5 Å². The van der Waals surface area contributed by atoms with Crippen LogP contribution in [0.3, 0.4) is 0 Å². The molecule has 1 heterocycles. The zero-order chi connectivity index (χ0) is 16.9. The number of nitrogens with one attached hydrogen (secondary N) is 1. The number of amides is 1. The van der Waals surface area contributed by atoms with E-state index in [-0.39, 0.29) is 11.7 Å². The van der Waals surface area contributed by atoms with Gasteiger partial charge in [-0.15, -0.1) is 0 Å². The highest BCUT2D eigenvalue weighted by molar-refractivity contribution is 9.10. The number of carbonyl (C=O) groups excluding carboxylic acids is 1. The van der Waals surface area contributed by atoms with E-state index in [0.717, 1.165) is 5.56 Å². The molecule has 4 nitrogen and oxygen atoms in total. The molecule has 0 aliphatic heterocycles. The lowest BCUT2D eigenvalue weighted by atomic mass is 10.2. The van der Waals surface area contributed by atoms with E-state index in [1.165, 1.54) is 0 Å². The second-order valence-corrected chi connectivity index (χ2v) is 6.19. The Hall–Kier alpha value is -2.24. The van der Waals surface area contributed by atoms with Gasteiger partial charge >= 0.3 is 0 Å². The van der Waals surface area contributed by atoms with Crippen molar-refractivity contribution < 1.29 is 13.9 Å². The second-order valence-electron chi connectivity index (χ2n) is 4.97. The molecule has 1 aromatic heterocycles. The number of hydrogen-bond acceptors (Lipinski definition) is 3. The summed E-state index contributed by atoms with van der Waals surface area (Å²) in [4.78, 5) is 12.2. The van der Waals surface area contributed by atoms with Crippen molar-refractivity contribution in [1.29, 1.82) is 0 Å². The van der Waals surface area contributed by atoms with Crippen LogP contribution in [-0.4, -0.2) is 5.91 Å². The first kappa shape index (κ1) is 16.6. The molecule has 3 aromatic rings. The molecule has 6 heteroatoms. The van der Waals surface area contributed by atoms with Crippen LogP contribution in [0.1, 0.15) is 16.1 Å². The van der Waals surface area contributed by atoms with Crippen LogP contribution in [0.25, 0.3) is 0 Å². The molecule has 122 valence electrons. The Kier molecular flexibility index (Phi) is 5.23. The predicted octanol–water partition coefficient (Wildman–Crippen LogP) is 5.53. The quantitative estimate of drug-likeness (QED) is 0.606. The van der Waals surface area contributed by atoms with Gasteiger partial charge in [0.25, 0.3) is 5.91 Å². The first-order chi connectivity index (χ1) is 11.6. The molecule has 0 spiro atoms. The third-order valence-corrected chi connectivity index (χ3v) is 3.89. The van der Waals surface area contributed by atoms with Crippen molar-refractivity contribution in [2.75, 3.05) is 5.32 Å².